The van der Waals surface area contributed by atoms with Crippen LogP contribution in [0.5, 0.6) is 0 Å². The van der Waals surface area contributed by atoms with Gasteiger partial charge < -0.3 is 26.0 Å². The van der Waals surface area contributed by atoms with Gasteiger partial charge in [0.25, 0.3) is 21.9 Å². The summed E-state index contributed by atoms with van der Waals surface area (Å²) in [6, 6.07) is 12.0. The van der Waals surface area contributed by atoms with E-state index in [4.69, 9.17) is 0 Å². The second-order valence-corrected chi connectivity index (χ2v) is 11.6. The molecule has 0 aliphatic rings. The summed E-state index contributed by atoms with van der Waals surface area (Å²) in [5, 5.41) is 26.8. The minimum atomic E-state index is -4.45. The number of carbonyl (C=O) groups is 3. The van der Waals surface area contributed by atoms with Gasteiger partial charge in [0.05, 0.1) is 23.5 Å². The molecule has 5 aromatic rings. The van der Waals surface area contributed by atoms with Crippen LogP contribution in [0.2, 0.25) is 0 Å². The van der Waals surface area contributed by atoms with Crippen molar-refractivity contribution < 1.29 is 32.5 Å². The molecule has 0 bridgehead atoms. The van der Waals surface area contributed by atoms with Crippen LogP contribution in [0, 0.1) is 0 Å². The van der Waals surface area contributed by atoms with Crippen molar-refractivity contribution in [1.29, 1.82) is 0 Å². The molecule has 3 aromatic heterocycles. The number of hydrogen-bond donors (Lipinski definition) is 7. The van der Waals surface area contributed by atoms with E-state index < -0.39 is 33.9 Å². The fraction of sp³-hybridized carbons (Fsp3) is 0.167. The van der Waals surface area contributed by atoms with Crippen molar-refractivity contribution in [2.75, 3.05) is 23.8 Å². The van der Waals surface area contributed by atoms with E-state index in [0.29, 0.717) is 24.6 Å². The first-order chi connectivity index (χ1) is 23.1. The molecule has 0 radical (unpaired) electrons. The van der Waals surface area contributed by atoms with Crippen molar-refractivity contribution >= 4 is 56.8 Å². The molecule has 0 saturated carbocycles. The molecule has 0 saturated heterocycles. The van der Waals surface area contributed by atoms with E-state index >= 15 is 0 Å². The molecule has 0 aliphatic carbocycles. The van der Waals surface area contributed by atoms with Crippen molar-refractivity contribution in [3.05, 3.63) is 96.1 Å². The van der Waals surface area contributed by atoms with Gasteiger partial charge in [-0.15, -0.1) is 0 Å². The number of aromatic amines is 1. The number of nitrogens with zero attached hydrogens (tertiary/aromatic N) is 5. The Hall–Kier alpha value is -6.14. The van der Waals surface area contributed by atoms with Crippen molar-refractivity contribution in [1.82, 2.24) is 35.4 Å². The van der Waals surface area contributed by atoms with Crippen molar-refractivity contribution in [2.24, 2.45) is 5.10 Å². The minimum Gasteiger partial charge on any atom is -0.480 e. The summed E-state index contributed by atoms with van der Waals surface area (Å²) in [5.74, 6) is -1.74. The van der Waals surface area contributed by atoms with Gasteiger partial charge in [0.1, 0.15) is 16.8 Å². The number of hydrazone groups is 1. The molecule has 1 atom stereocenters. The lowest BCUT2D eigenvalue weighted by Crippen LogP contribution is -2.48. The normalized spacial score (nSPS) is 12.1. The number of H-pyrrole nitrogens is 1. The average Bonchev–Trinajstić information content (AvgIpc) is 3.74. The van der Waals surface area contributed by atoms with Crippen LogP contribution < -0.4 is 21.4 Å². The standard InChI is InChI=1S/C30H30N10O7S/c41-27(19-6-8-24-22(14-19)17-37-40(24)13-3-10-31-30-32-11-12-33-30)35-18-23(29(43)44)38-28(42)21-7-9-26(34-15-21)39-36-16-20-4-1-2-5-25(20)48(45,46)47/h1-2,4-9,11-12,14-17,23H,3,10,13,18H2,(H,34,39)(H,35,41)(H,38,42)(H,43,44)(H2,31,32,33)(H,45,46,47)/b36-16+/t23-/m0/s1. The fourth-order valence-corrected chi connectivity index (χ4v) is 5.20. The number of carboxylic acid groups (broad SMARTS) is 1. The third kappa shape index (κ3) is 8.56. The first kappa shape index (κ1) is 33.2. The topological polar surface area (TPSA) is 246 Å². The third-order valence-electron chi connectivity index (χ3n) is 6.92. The minimum absolute atomic E-state index is 0.0398. The van der Waals surface area contributed by atoms with Crippen LogP contribution in [0.3, 0.4) is 0 Å². The van der Waals surface area contributed by atoms with E-state index in [0.717, 1.165) is 17.3 Å². The zero-order valence-electron chi connectivity index (χ0n) is 25.1. The summed E-state index contributed by atoms with van der Waals surface area (Å²) in [6.45, 7) is 0.942. The van der Waals surface area contributed by atoms with Crippen LogP contribution in [-0.2, 0) is 21.5 Å². The molecular weight excluding hydrogens is 644 g/mol. The van der Waals surface area contributed by atoms with E-state index in [1.165, 1.54) is 42.7 Å². The molecule has 17 nitrogen and oxygen atoms in total. The van der Waals surface area contributed by atoms with Crippen molar-refractivity contribution in [3.8, 4) is 0 Å². The number of amides is 2. The molecule has 48 heavy (non-hydrogen) atoms. The van der Waals surface area contributed by atoms with Crippen molar-refractivity contribution in [3.63, 3.8) is 0 Å². The Morgan fingerprint density at radius 1 is 1.02 bits per heavy atom. The lowest BCUT2D eigenvalue weighted by molar-refractivity contribution is -0.139. The number of carboxylic acids is 1. The molecule has 0 unspecified atom stereocenters. The van der Waals surface area contributed by atoms with Gasteiger partial charge in [0, 0.05) is 54.7 Å². The number of nitrogens with one attached hydrogen (secondary N) is 5. The number of anilines is 2. The summed E-state index contributed by atoms with van der Waals surface area (Å²) in [5.41, 5.74) is 3.88. The number of aromatic nitrogens is 5. The Bertz CT molecular complexity index is 2050. The van der Waals surface area contributed by atoms with Crippen LogP contribution in [0.15, 0.2) is 89.4 Å². The Balaban J connectivity index is 1.12. The molecule has 5 rings (SSSR count). The lowest BCUT2D eigenvalue weighted by Gasteiger charge is -2.15. The van der Waals surface area contributed by atoms with Gasteiger partial charge in [-0.05, 0) is 42.8 Å². The second-order valence-electron chi connectivity index (χ2n) is 10.2. The van der Waals surface area contributed by atoms with Gasteiger partial charge in [-0.1, -0.05) is 18.2 Å². The maximum absolute atomic E-state index is 12.9. The quantitative estimate of drug-likeness (QED) is 0.0365. The van der Waals surface area contributed by atoms with Gasteiger partial charge in [0.15, 0.2) is 5.95 Å². The molecule has 3 heterocycles. The summed E-state index contributed by atoms with van der Waals surface area (Å²) in [6.07, 6.45) is 8.18. The third-order valence-corrected chi connectivity index (χ3v) is 7.84. The summed E-state index contributed by atoms with van der Waals surface area (Å²) in [4.78, 5) is 48.3. The number of aliphatic carboxylic acids is 1. The number of pyridine rings is 1. The predicted molar refractivity (Wildman–Crippen MR) is 174 cm³/mol. The highest BCUT2D eigenvalue weighted by Crippen LogP contribution is 2.17. The molecular formula is C30H30N10O7S. The zero-order valence-corrected chi connectivity index (χ0v) is 25.9. The molecule has 0 fully saturated rings. The average molecular weight is 675 g/mol. The Morgan fingerprint density at radius 3 is 2.56 bits per heavy atom. The van der Waals surface area contributed by atoms with E-state index in [2.05, 4.69) is 46.5 Å². The van der Waals surface area contributed by atoms with Crippen molar-refractivity contribution in [2.45, 2.75) is 23.9 Å². The zero-order chi connectivity index (χ0) is 34.1. The lowest BCUT2D eigenvalue weighted by atomic mass is 10.1. The predicted octanol–water partition coefficient (Wildman–Crippen LogP) is 1.96. The van der Waals surface area contributed by atoms with Crippen LogP contribution in [-0.4, -0.2) is 85.9 Å². The van der Waals surface area contributed by atoms with E-state index in [9.17, 15) is 32.5 Å². The highest BCUT2D eigenvalue weighted by Gasteiger charge is 2.22. The highest BCUT2D eigenvalue weighted by molar-refractivity contribution is 7.86. The molecule has 0 aliphatic heterocycles. The first-order valence-electron chi connectivity index (χ1n) is 14.4. The molecule has 0 spiro atoms. The monoisotopic (exact) mass is 674 g/mol. The molecule has 248 valence electrons. The van der Waals surface area contributed by atoms with Gasteiger partial charge in [-0.2, -0.15) is 18.6 Å². The summed E-state index contributed by atoms with van der Waals surface area (Å²) >= 11 is 0. The van der Waals surface area contributed by atoms with E-state index in [-0.39, 0.29) is 28.4 Å². The maximum Gasteiger partial charge on any atom is 0.328 e. The number of hydrogen-bond acceptors (Lipinski definition) is 11. The smallest absolute Gasteiger partial charge is 0.328 e. The number of aryl methyl sites for hydroxylation is 1. The van der Waals surface area contributed by atoms with E-state index in [1.54, 1.807) is 42.9 Å². The number of carbonyl (C=O) groups excluding carboxylic acids is 2. The fourth-order valence-electron chi connectivity index (χ4n) is 4.53. The van der Waals surface area contributed by atoms with Crippen LogP contribution in [0.4, 0.5) is 11.8 Å². The number of rotatable bonds is 15. The van der Waals surface area contributed by atoms with Gasteiger partial charge in [-0.25, -0.2) is 14.8 Å². The van der Waals surface area contributed by atoms with Crippen LogP contribution in [0.1, 0.15) is 32.7 Å². The highest BCUT2D eigenvalue weighted by atomic mass is 32.2. The van der Waals surface area contributed by atoms with Gasteiger partial charge in [0.2, 0.25) is 0 Å². The first-order valence-corrected chi connectivity index (χ1v) is 15.8. The second kappa shape index (κ2) is 15.0. The van der Waals surface area contributed by atoms with Gasteiger partial charge in [-0.3, -0.25) is 24.2 Å². The molecule has 18 heteroatoms. The molecule has 2 aromatic carbocycles. The Kier molecular flexibility index (Phi) is 10.4. The van der Waals surface area contributed by atoms with Crippen LogP contribution >= 0.6 is 0 Å². The molecule has 7 N–H and O–H groups in total. The largest absolute Gasteiger partial charge is 0.480 e. The number of fused-ring (bicyclic) bond motifs is 1. The Morgan fingerprint density at radius 2 is 1.83 bits per heavy atom. The maximum atomic E-state index is 12.9. The number of benzene rings is 2. The Labute approximate surface area is 273 Å². The van der Waals surface area contributed by atoms with E-state index in [1.807, 2.05) is 4.68 Å². The summed E-state index contributed by atoms with van der Waals surface area (Å²) in [7, 11) is -4.45. The van der Waals surface area contributed by atoms with Crippen LogP contribution in [0.25, 0.3) is 10.9 Å². The summed E-state index contributed by atoms with van der Waals surface area (Å²) < 4.78 is 34.2. The van der Waals surface area contributed by atoms with Gasteiger partial charge >= 0.3 is 5.97 Å². The SMILES string of the molecule is O=C(NC[C@H](NC(=O)c1ccc(N/N=C/c2ccccc2S(=O)(=O)O)nc1)C(=O)O)c1ccc2c(cnn2CCCNc2ncc[nH]2)c1. The number of imidazole rings is 1. The molecule has 2 amide bonds.